The number of hydrogen-bond acceptors (Lipinski definition) is 6. The number of rotatable bonds is 5. The average molecular weight is 449 g/mol. The lowest BCUT2D eigenvalue weighted by molar-refractivity contribution is 0.102. The Labute approximate surface area is 182 Å². The number of likely N-dealkylation sites (N-methyl/N-ethyl adjacent to an activating group) is 1. The van der Waals surface area contributed by atoms with Crippen molar-refractivity contribution in [3.63, 3.8) is 0 Å². The zero-order chi connectivity index (χ0) is 21.3. The van der Waals surface area contributed by atoms with E-state index in [0.717, 1.165) is 50.9 Å². The van der Waals surface area contributed by atoms with E-state index in [1.165, 1.54) is 39.1 Å². The normalized spacial score (nSPS) is 18.4. The molecule has 9 heteroatoms. The SMILES string of the molecule is CN1CCc2nc(NC(=O)c3ccc(S(=O)(=O)N(C)C4CCCCC4)cc3)sc2C1. The maximum Gasteiger partial charge on any atom is 0.257 e. The van der Waals surface area contributed by atoms with E-state index in [0.29, 0.717) is 10.7 Å². The fraction of sp³-hybridized carbons (Fsp3) is 0.524. The van der Waals surface area contributed by atoms with Crippen molar-refractivity contribution >= 4 is 32.4 Å². The Morgan fingerprint density at radius 1 is 1.20 bits per heavy atom. The minimum absolute atomic E-state index is 0.0571. The molecule has 30 heavy (non-hydrogen) atoms. The summed E-state index contributed by atoms with van der Waals surface area (Å²) in [6, 6.07) is 6.23. The van der Waals surface area contributed by atoms with Crippen LogP contribution in [0.25, 0.3) is 0 Å². The van der Waals surface area contributed by atoms with Crippen LogP contribution in [0.4, 0.5) is 5.13 Å². The van der Waals surface area contributed by atoms with Crippen LogP contribution < -0.4 is 5.32 Å². The van der Waals surface area contributed by atoms with Crippen molar-refractivity contribution in [2.75, 3.05) is 26.0 Å². The van der Waals surface area contributed by atoms with E-state index in [4.69, 9.17) is 0 Å². The Balaban J connectivity index is 1.44. The number of nitrogens with zero attached hydrogens (tertiary/aromatic N) is 3. The lowest BCUT2D eigenvalue weighted by atomic mass is 9.96. The van der Waals surface area contributed by atoms with Gasteiger partial charge in [-0.05, 0) is 44.2 Å². The van der Waals surface area contributed by atoms with Gasteiger partial charge in [0.05, 0.1) is 10.6 Å². The van der Waals surface area contributed by atoms with E-state index in [9.17, 15) is 13.2 Å². The molecule has 0 spiro atoms. The second-order valence-electron chi connectivity index (χ2n) is 8.17. The van der Waals surface area contributed by atoms with E-state index >= 15 is 0 Å². The van der Waals surface area contributed by atoms with Crippen LogP contribution in [0.2, 0.25) is 0 Å². The van der Waals surface area contributed by atoms with Crippen molar-refractivity contribution in [3.05, 3.63) is 40.4 Å². The minimum Gasteiger partial charge on any atom is -0.301 e. The quantitative estimate of drug-likeness (QED) is 0.759. The third-order valence-corrected chi connectivity index (χ3v) is 8.95. The van der Waals surface area contributed by atoms with Gasteiger partial charge >= 0.3 is 0 Å². The molecule has 1 aliphatic heterocycles. The second-order valence-corrected chi connectivity index (χ2v) is 11.2. The predicted molar refractivity (Wildman–Crippen MR) is 118 cm³/mol. The first kappa shape index (κ1) is 21.4. The summed E-state index contributed by atoms with van der Waals surface area (Å²) in [5, 5.41) is 3.44. The van der Waals surface area contributed by atoms with Crippen LogP contribution in [0.1, 0.15) is 53.0 Å². The lowest BCUT2D eigenvalue weighted by Gasteiger charge is -2.30. The van der Waals surface area contributed by atoms with Gasteiger partial charge in [0, 0.05) is 43.0 Å². The van der Waals surface area contributed by atoms with Crippen LogP contribution in [0, 0.1) is 0 Å². The second kappa shape index (κ2) is 8.74. The number of hydrogen-bond donors (Lipinski definition) is 1. The van der Waals surface area contributed by atoms with Gasteiger partial charge in [0.2, 0.25) is 10.0 Å². The number of thiazole rings is 1. The van der Waals surface area contributed by atoms with E-state index in [1.807, 2.05) is 0 Å². The lowest BCUT2D eigenvalue weighted by Crippen LogP contribution is -2.38. The Bertz CT molecular complexity index is 1010. The Kier molecular flexibility index (Phi) is 6.24. The van der Waals surface area contributed by atoms with Gasteiger partial charge in [0.25, 0.3) is 5.91 Å². The highest BCUT2D eigenvalue weighted by Crippen LogP contribution is 2.29. The first-order chi connectivity index (χ1) is 14.3. The van der Waals surface area contributed by atoms with E-state index in [-0.39, 0.29) is 16.8 Å². The first-order valence-electron chi connectivity index (χ1n) is 10.4. The molecular formula is C21H28N4O3S2. The zero-order valence-corrected chi connectivity index (χ0v) is 19.1. The molecule has 0 radical (unpaired) electrons. The highest BCUT2D eigenvalue weighted by Gasteiger charge is 2.29. The predicted octanol–water partition coefficient (Wildman–Crippen LogP) is 3.34. The summed E-state index contributed by atoms with van der Waals surface area (Å²) in [7, 11) is 0.171. The zero-order valence-electron chi connectivity index (χ0n) is 17.4. The van der Waals surface area contributed by atoms with Crippen LogP contribution in [0.5, 0.6) is 0 Å². The summed E-state index contributed by atoms with van der Waals surface area (Å²) in [5.74, 6) is -0.279. The van der Waals surface area contributed by atoms with Gasteiger partial charge in [0.1, 0.15) is 0 Å². The fourth-order valence-electron chi connectivity index (χ4n) is 4.13. The van der Waals surface area contributed by atoms with Crippen molar-refractivity contribution in [1.82, 2.24) is 14.2 Å². The minimum atomic E-state index is -3.56. The smallest absolute Gasteiger partial charge is 0.257 e. The number of anilines is 1. The third kappa shape index (κ3) is 4.44. The molecule has 1 aliphatic carbocycles. The summed E-state index contributed by atoms with van der Waals surface area (Å²) < 4.78 is 27.4. The number of amides is 1. The van der Waals surface area contributed by atoms with Crippen molar-refractivity contribution in [2.24, 2.45) is 0 Å². The summed E-state index contributed by atoms with van der Waals surface area (Å²) >= 11 is 1.50. The van der Waals surface area contributed by atoms with E-state index in [2.05, 4.69) is 22.2 Å². The number of sulfonamides is 1. The van der Waals surface area contributed by atoms with Crippen molar-refractivity contribution in [1.29, 1.82) is 0 Å². The topological polar surface area (TPSA) is 82.6 Å². The maximum absolute atomic E-state index is 13.0. The van der Waals surface area contributed by atoms with Crippen molar-refractivity contribution in [3.8, 4) is 0 Å². The number of fused-ring (bicyclic) bond motifs is 1. The number of carbonyl (C=O) groups is 1. The van der Waals surface area contributed by atoms with Gasteiger partial charge in [-0.25, -0.2) is 13.4 Å². The highest BCUT2D eigenvalue weighted by molar-refractivity contribution is 7.89. The van der Waals surface area contributed by atoms with E-state index in [1.54, 1.807) is 19.2 Å². The van der Waals surface area contributed by atoms with Crippen LogP contribution in [0.3, 0.4) is 0 Å². The summed E-state index contributed by atoms with van der Waals surface area (Å²) in [4.78, 5) is 20.8. The summed E-state index contributed by atoms with van der Waals surface area (Å²) in [6.45, 7) is 1.82. The van der Waals surface area contributed by atoms with Gasteiger partial charge < -0.3 is 4.90 Å². The number of nitrogens with one attached hydrogen (secondary N) is 1. The summed E-state index contributed by atoms with van der Waals surface area (Å²) in [6.07, 6.45) is 6.01. The molecule has 0 atom stereocenters. The summed E-state index contributed by atoms with van der Waals surface area (Å²) in [5.41, 5.74) is 1.47. The van der Waals surface area contributed by atoms with Crippen LogP contribution in [0.15, 0.2) is 29.2 Å². The van der Waals surface area contributed by atoms with Gasteiger partial charge in [-0.3, -0.25) is 10.1 Å². The molecule has 4 rings (SSSR count). The largest absolute Gasteiger partial charge is 0.301 e. The third-order valence-electron chi connectivity index (χ3n) is 6.02. The van der Waals surface area contributed by atoms with Crippen LogP contribution in [-0.4, -0.2) is 55.2 Å². The van der Waals surface area contributed by atoms with Gasteiger partial charge in [-0.15, -0.1) is 11.3 Å². The van der Waals surface area contributed by atoms with Crippen molar-refractivity contribution in [2.45, 2.75) is 56.0 Å². The number of carbonyl (C=O) groups excluding carboxylic acids is 1. The molecule has 0 unspecified atom stereocenters. The molecule has 1 amide bonds. The molecular weight excluding hydrogens is 420 g/mol. The standard InChI is InChI=1S/C21H28N4O3S2/c1-24-13-12-18-19(14-24)29-21(22-18)23-20(26)15-8-10-17(11-9-15)30(27,28)25(2)16-6-4-3-5-7-16/h8-11,16H,3-7,12-14H2,1-2H3,(H,22,23,26). The van der Waals surface area contributed by atoms with E-state index < -0.39 is 10.0 Å². The number of aromatic nitrogens is 1. The molecule has 1 aromatic carbocycles. The molecule has 1 fully saturated rings. The fourth-order valence-corrected chi connectivity index (χ4v) is 6.63. The molecule has 0 bridgehead atoms. The molecule has 2 heterocycles. The van der Waals surface area contributed by atoms with Gasteiger partial charge in [0.15, 0.2) is 5.13 Å². The Morgan fingerprint density at radius 3 is 2.60 bits per heavy atom. The first-order valence-corrected chi connectivity index (χ1v) is 12.7. The van der Waals surface area contributed by atoms with Crippen LogP contribution in [-0.2, 0) is 23.0 Å². The molecule has 1 aromatic heterocycles. The monoisotopic (exact) mass is 448 g/mol. The molecule has 1 saturated carbocycles. The molecule has 162 valence electrons. The highest BCUT2D eigenvalue weighted by atomic mass is 32.2. The average Bonchev–Trinajstić information content (AvgIpc) is 3.15. The molecule has 2 aromatic rings. The number of benzene rings is 1. The molecule has 0 saturated heterocycles. The van der Waals surface area contributed by atoms with Crippen molar-refractivity contribution < 1.29 is 13.2 Å². The maximum atomic E-state index is 13.0. The Hall–Kier alpha value is -1.81. The Morgan fingerprint density at radius 2 is 1.90 bits per heavy atom. The molecule has 2 aliphatic rings. The molecule has 1 N–H and O–H groups in total. The molecule has 7 nitrogen and oxygen atoms in total. The van der Waals surface area contributed by atoms with Gasteiger partial charge in [-0.2, -0.15) is 4.31 Å². The van der Waals surface area contributed by atoms with Crippen LogP contribution >= 0.6 is 11.3 Å². The van der Waals surface area contributed by atoms with Gasteiger partial charge in [-0.1, -0.05) is 19.3 Å².